The summed E-state index contributed by atoms with van der Waals surface area (Å²) in [6, 6.07) is 5.41. The zero-order valence-corrected chi connectivity index (χ0v) is 11.5. The highest BCUT2D eigenvalue weighted by Gasteiger charge is 2.15. The minimum Gasteiger partial charge on any atom is -0.379 e. The van der Waals surface area contributed by atoms with Crippen LogP contribution in [0.3, 0.4) is 0 Å². The van der Waals surface area contributed by atoms with Crippen LogP contribution >= 0.6 is 0 Å². The first-order valence-electron chi connectivity index (χ1n) is 6.60. The van der Waals surface area contributed by atoms with Crippen molar-refractivity contribution < 1.29 is 14.3 Å². The number of benzene rings is 1. The molecule has 2 N–H and O–H groups in total. The third kappa shape index (κ3) is 3.79. The number of hydrogen-bond acceptors (Lipinski definition) is 4. The maximum atomic E-state index is 12.0. The highest BCUT2D eigenvalue weighted by Crippen LogP contribution is 2.22. The van der Waals surface area contributed by atoms with Gasteiger partial charge in [-0.3, -0.25) is 14.5 Å². The Kier molecular flexibility index (Phi) is 5.09. The van der Waals surface area contributed by atoms with Crippen LogP contribution in [0.1, 0.15) is 5.56 Å². The normalized spacial score (nSPS) is 15.7. The van der Waals surface area contributed by atoms with E-state index in [1.54, 1.807) is 12.1 Å². The molecule has 1 saturated heterocycles. The van der Waals surface area contributed by atoms with Crippen LogP contribution in [0.5, 0.6) is 0 Å². The quantitative estimate of drug-likeness (QED) is 0.782. The molecule has 0 radical (unpaired) electrons. The van der Waals surface area contributed by atoms with E-state index >= 15 is 0 Å². The molecular weight excluding hydrogens is 258 g/mol. The summed E-state index contributed by atoms with van der Waals surface area (Å²) in [6.07, 6.45) is 0.627. The van der Waals surface area contributed by atoms with Crippen LogP contribution in [0.2, 0.25) is 0 Å². The summed E-state index contributed by atoms with van der Waals surface area (Å²) in [5.74, 6) is -0.0572. The predicted molar refractivity (Wildman–Crippen MR) is 76.8 cm³/mol. The molecule has 0 spiro atoms. The summed E-state index contributed by atoms with van der Waals surface area (Å²) in [7, 11) is 0. The van der Waals surface area contributed by atoms with Crippen LogP contribution in [0, 0.1) is 6.92 Å². The van der Waals surface area contributed by atoms with Crippen LogP contribution < -0.4 is 10.6 Å². The van der Waals surface area contributed by atoms with E-state index in [0.29, 0.717) is 31.9 Å². The summed E-state index contributed by atoms with van der Waals surface area (Å²) >= 11 is 0. The summed E-state index contributed by atoms with van der Waals surface area (Å²) in [6.45, 7) is 5.11. The van der Waals surface area contributed by atoms with Gasteiger partial charge in [0.25, 0.3) is 0 Å². The second kappa shape index (κ2) is 7.02. The third-order valence-corrected chi connectivity index (χ3v) is 3.29. The minimum absolute atomic E-state index is 0.0572. The Morgan fingerprint density at radius 3 is 2.75 bits per heavy atom. The maximum Gasteiger partial charge on any atom is 0.238 e. The van der Waals surface area contributed by atoms with Gasteiger partial charge >= 0.3 is 0 Å². The maximum absolute atomic E-state index is 12.0. The molecule has 2 rings (SSSR count). The van der Waals surface area contributed by atoms with Gasteiger partial charge in [-0.15, -0.1) is 0 Å². The standard InChI is InChI=1S/C14H19N3O3/c1-11-12(15-10-18)3-2-4-13(11)16-14(19)9-17-5-7-20-8-6-17/h2-4,10H,5-9H2,1H3,(H,15,18)(H,16,19). The predicted octanol–water partition coefficient (Wildman–Crippen LogP) is 0.834. The second-order valence-electron chi connectivity index (χ2n) is 4.68. The number of rotatable bonds is 5. The zero-order chi connectivity index (χ0) is 14.4. The molecule has 1 aromatic carbocycles. The van der Waals surface area contributed by atoms with E-state index in [1.165, 1.54) is 0 Å². The van der Waals surface area contributed by atoms with Gasteiger partial charge in [0, 0.05) is 24.5 Å². The van der Waals surface area contributed by atoms with Crippen molar-refractivity contribution in [1.29, 1.82) is 0 Å². The van der Waals surface area contributed by atoms with Gasteiger partial charge < -0.3 is 15.4 Å². The molecule has 6 nitrogen and oxygen atoms in total. The molecule has 0 bridgehead atoms. The largest absolute Gasteiger partial charge is 0.379 e. The number of nitrogens with zero attached hydrogens (tertiary/aromatic N) is 1. The molecule has 1 heterocycles. The van der Waals surface area contributed by atoms with Crippen molar-refractivity contribution in [1.82, 2.24) is 4.90 Å². The van der Waals surface area contributed by atoms with Gasteiger partial charge in [-0.25, -0.2) is 0 Å². The molecule has 1 aliphatic heterocycles. The molecule has 0 atom stereocenters. The number of carbonyl (C=O) groups is 2. The third-order valence-electron chi connectivity index (χ3n) is 3.29. The van der Waals surface area contributed by atoms with E-state index in [4.69, 9.17) is 4.74 Å². The molecule has 20 heavy (non-hydrogen) atoms. The number of ether oxygens (including phenoxy) is 1. The number of morpholine rings is 1. The number of nitrogens with one attached hydrogen (secondary N) is 2. The highest BCUT2D eigenvalue weighted by molar-refractivity contribution is 5.94. The first-order chi connectivity index (χ1) is 9.70. The zero-order valence-electron chi connectivity index (χ0n) is 11.5. The van der Waals surface area contributed by atoms with Crippen molar-refractivity contribution in [3.05, 3.63) is 23.8 Å². The Morgan fingerprint density at radius 2 is 2.05 bits per heavy atom. The number of hydrogen-bond donors (Lipinski definition) is 2. The fourth-order valence-electron chi connectivity index (χ4n) is 2.14. The first kappa shape index (κ1) is 14.5. The molecule has 0 aliphatic carbocycles. The van der Waals surface area contributed by atoms with Crippen molar-refractivity contribution in [3.8, 4) is 0 Å². The Hall–Kier alpha value is -1.92. The van der Waals surface area contributed by atoms with Crippen molar-refractivity contribution in [2.75, 3.05) is 43.5 Å². The van der Waals surface area contributed by atoms with Crippen LogP contribution in [0.15, 0.2) is 18.2 Å². The first-order valence-corrected chi connectivity index (χ1v) is 6.60. The lowest BCUT2D eigenvalue weighted by molar-refractivity contribution is -0.118. The van der Waals surface area contributed by atoms with Crippen molar-refractivity contribution >= 4 is 23.7 Å². The Labute approximate surface area is 118 Å². The molecule has 0 aromatic heterocycles. The summed E-state index contributed by atoms with van der Waals surface area (Å²) in [4.78, 5) is 24.6. The molecule has 0 saturated carbocycles. The Morgan fingerprint density at radius 1 is 1.35 bits per heavy atom. The van der Waals surface area contributed by atoms with Gasteiger partial charge in [0.15, 0.2) is 0 Å². The van der Waals surface area contributed by atoms with E-state index in [-0.39, 0.29) is 5.91 Å². The Bertz CT molecular complexity index is 485. The average molecular weight is 277 g/mol. The van der Waals surface area contributed by atoms with Crippen LogP contribution in [-0.2, 0) is 14.3 Å². The van der Waals surface area contributed by atoms with Crippen molar-refractivity contribution in [2.45, 2.75) is 6.92 Å². The molecule has 1 aromatic rings. The van der Waals surface area contributed by atoms with Crippen LogP contribution in [-0.4, -0.2) is 50.1 Å². The van der Waals surface area contributed by atoms with Gasteiger partial charge in [-0.05, 0) is 24.6 Å². The van der Waals surface area contributed by atoms with Crippen LogP contribution in [0.4, 0.5) is 11.4 Å². The van der Waals surface area contributed by atoms with E-state index in [1.807, 2.05) is 13.0 Å². The number of amides is 2. The van der Waals surface area contributed by atoms with Gasteiger partial charge in [0.05, 0.1) is 19.8 Å². The Balaban J connectivity index is 1.96. The molecule has 2 amide bonds. The van der Waals surface area contributed by atoms with Gasteiger partial charge in [-0.2, -0.15) is 0 Å². The van der Waals surface area contributed by atoms with E-state index < -0.39 is 0 Å². The molecule has 1 aliphatic rings. The van der Waals surface area contributed by atoms with E-state index in [0.717, 1.165) is 24.3 Å². The molecular formula is C14H19N3O3. The summed E-state index contributed by atoms with van der Waals surface area (Å²) < 4.78 is 5.25. The number of carbonyl (C=O) groups excluding carboxylic acids is 2. The van der Waals surface area contributed by atoms with Crippen molar-refractivity contribution in [2.24, 2.45) is 0 Å². The van der Waals surface area contributed by atoms with Gasteiger partial charge in [0.1, 0.15) is 0 Å². The molecule has 6 heteroatoms. The summed E-state index contributed by atoms with van der Waals surface area (Å²) in [5.41, 5.74) is 2.26. The minimum atomic E-state index is -0.0572. The van der Waals surface area contributed by atoms with Gasteiger partial charge in [0.2, 0.25) is 12.3 Å². The van der Waals surface area contributed by atoms with Crippen molar-refractivity contribution in [3.63, 3.8) is 0 Å². The molecule has 108 valence electrons. The highest BCUT2D eigenvalue weighted by atomic mass is 16.5. The van der Waals surface area contributed by atoms with E-state index in [2.05, 4.69) is 15.5 Å². The lowest BCUT2D eigenvalue weighted by Gasteiger charge is -2.26. The topological polar surface area (TPSA) is 70.7 Å². The molecule has 0 unspecified atom stereocenters. The summed E-state index contributed by atoms with van der Waals surface area (Å²) in [5, 5.41) is 5.49. The monoisotopic (exact) mass is 277 g/mol. The SMILES string of the molecule is Cc1c(NC=O)cccc1NC(=O)CN1CCOCC1. The molecule has 1 fully saturated rings. The van der Waals surface area contributed by atoms with Gasteiger partial charge in [-0.1, -0.05) is 6.07 Å². The number of anilines is 2. The fourth-order valence-corrected chi connectivity index (χ4v) is 2.14. The lowest BCUT2D eigenvalue weighted by atomic mass is 10.1. The smallest absolute Gasteiger partial charge is 0.238 e. The fraction of sp³-hybridized carbons (Fsp3) is 0.429. The van der Waals surface area contributed by atoms with E-state index in [9.17, 15) is 9.59 Å². The second-order valence-corrected chi connectivity index (χ2v) is 4.68. The van der Waals surface area contributed by atoms with Crippen LogP contribution in [0.25, 0.3) is 0 Å². The lowest BCUT2D eigenvalue weighted by Crippen LogP contribution is -2.41. The average Bonchev–Trinajstić information content (AvgIpc) is 2.44.